The molecular weight excluding hydrogens is 338 g/mol. The third-order valence-electron chi connectivity index (χ3n) is 3.99. The normalized spacial score (nSPS) is 16.2. The maximum absolute atomic E-state index is 12.2. The quantitative estimate of drug-likeness (QED) is 0.849. The number of nitrogens with zero attached hydrogens (tertiary/aromatic N) is 2. The highest BCUT2D eigenvalue weighted by Crippen LogP contribution is 2.33. The van der Waals surface area contributed by atoms with Crippen LogP contribution in [0.15, 0.2) is 42.7 Å². The van der Waals surface area contributed by atoms with Crippen molar-refractivity contribution >= 4 is 17.7 Å². The maximum Gasteiger partial charge on any atom is 0.414 e. The van der Waals surface area contributed by atoms with Crippen LogP contribution >= 0.6 is 0 Å². The van der Waals surface area contributed by atoms with Gasteiger partial charge in [-0.25, -0.2) is 4.79 Å². The Balaban J connectivity index is 1.63. The zero-order valence-corrected chi connectivity index (χ0v) is 14.5. The Morgan fingerprint density at radius 1 is 1.23 bits per heavy atom. The zero-order valence-electron chi connectivity index (χ0n) is 14.5. The molecule has 1 aliphatic heterocycles. The summed E-state index contributed by atoms with van der Waals surface area (Å²) in [4.78, 5) is 29.6. The summed E-state index contributed by atoms with van der Waals surface area (Å²) < 4.78 is 15.8. The number of aromatic nitrogens is 1. The number of benzene rings is 1. The van der Waals surface area contributed by atoms with Gasteiger partial charge in [0.05, 0.1) is 33.0 Å². The predicted molar refractivity (Wildman–Crippen MR) is 93.7 cm³/mol. The van der Waals surface area contributed by atoms with Crippen LogP contribution in [-0.2, 0) is 4.74 Å². The molecule has 1 fully saturated rings. The molecule has 1 atom stereocenters. The van der Waals surface area contributed by atoms with E-state index < -0.39 is 12.2 Å². The van der Waals surface area contributed by atoms with Gasteiger partial charge >= 0.3 is 6.09 Å². The van der Waals surface area contributed by atoms with E-state index in [-0.39, 0.29) is 12.5 Å². The van der Waals surface area contributed by atoms with E-state index in [0.29, 0.717) is 29.3 Å². The van der Waals surface area contributed by atoms with Gasteiger partial charge in [-0.1, -0.05) is 0 Å². The minimum absolute atomic E-state index is 0.219. The first-order valence-electron chi connectivity index (χ1n) is 8.00. The summed E-state index contributed by atoms with van der Waals surface area (Å²) in [5.41, 5.74) is 1.14. The van der Waals surface area contributed by atoms with Gasteiger partial charge in [-0.05, 0) is 24.3 Å². The van der Waals surface area contributed by atoms with Gasteiger partial charge in [0.1, 0.15) is 6.10 Å². The molecule has 1 aliphatic rings. The van der Waals surface area contributed by atoms with Crippen LogP contribution in [0.5, 0.6) is 11.5 Å². The van der Waals surface area contributed by atoms with Crippen molar-refractivity contribution in [3.05, 3.63) is 48.3 Å². The van der Waals surface area contributed by atoms with E-state index in [0.717, 1.165) is 0 Å². The Morgan fingerprint density at radius 3 is 2.65 bits per heavy atom. The molecule has 2 heterocycles. The van der Waals surface area contributed by atoms with E-state index >= 15 is 0 Å². The van der Waals surface area contributed by atoms with E-state index in [1.165, 1.54) is 12.0 Å². The standard InChI is InChI=1S/C18H19N3O5/c1-24-15-4-3-13(9-16(15)25-2)21-11-14(26-18(21)23)10-20-17(22)12-5-7-19-8-6-12/h3-9,14H,10-11H2,1-2H3,(H,20,22). The van der Waals surface area contributed by atoms with Gasteiger partial charge in [-0.2, -0.15) is 0 Å². The monoisotopic (exact) mass is 357 g/mol. The molecule has 0 saturated carbocycles. The lowest BCUT2D eigenvalue weighted by Crippen LogP contribution is -2.34. The van der Waals surface area contributed by atoms with Crippen LogP contribution in [0.25, 0.3) is 0 Å². The first kappa shape index (κ1) is 17.5. The van der Waals surface area contributed by atoms with Gasteiger partial charge in [0.25, 0.3) is 5.91 Å². The van der Waals surface area contributed by atoms with E-state index in [1.54, 1.807) is 49.8 Å². The summed E-state index contributed by atoms with van der Waals surface area (Å²) in [5, 5.41) is 2.76. The number of rotatable bonds is 6. The number of ether oxygens (including phenoxy) is 3. The number of hydrogen-bond acceptors (Lipinski definition) is 6. The number of carbonyl (C=O) groups excluding carboxylic acids is 2. The van der Waals surface area contributed by atoms with Crippen molar-refractivity contribution in [2.45, 2.75) is 6.10 Å². The minimum atomic E-state index is -0.472. The molecule has 0 bridgehead atoms. The zero-order chi connectivity index (χ0) is 18.5. The van der Waals surface area contributed by atoms with Gasteiger partial charge in [0.15, 0.2) is 11.5 Å². The number of anilines is 1. The molecule has 8 nitrogen and oxygen atoms in total. The molecule has 1 aromatic carbocycles. The van der Waals surface area contributed by atoms with Gasteiger partial charge in [-0.3, -0.25) is 14.7 Å². The van der Waals surface area contributed by atoms with Crippen LogP contribution in [-0.4, -0.2) is 50.4 Å². The van der Waals surface area contributed by atoms with Crippen molar-refractivity contribution in [3.8, 4) is 11.5 Å². The van der Waals surface area contributed by atoms with Crippen molar-refractivity contribution in [2.75, 3.05) is 32.2 Å². The SMILES string of the molecule is COc1ccc(N2CC(CNC(=O)c3ccncc3)OC2=O)cc1OC. The van der Waals surface area contributed by atoms with Crippen molar-refractivity contribution in [3.63, 3.8) is 0 Å². The fourth-order valence-electron chi connectivity index (χ4n) is 2.64. The van der Waals surface area contributed by atoms with E-state index in [9.17, 15) is 9.59 Å². The molecule has 0 radical (unpaired) electrons. The van der Waals surface area contributed by atoms with Crippen LogP contribution in [0.4, 0.5) is 10.5 Å². The first-order valence-corrected chi connectivity index (χ1v) is 8.00. The fourth-order valence-corrected chi connectivity index (χ4v) is 2.64. The van der Waals surface area contributed by atoms with Gasteiger partial charge in [-0.15, -0.1) is 0 Å². The third-order valence-corrected chi connectivity index (χ3v) is 3.99. The second kappa shape index (κ2) is 7.73. The highest BCUT2D eigenvalue weighted by Gasteiger charge is 2.33. The Labute approximate surface area is 150 Å². The summed E-state index contributed by atoms with van der Waals surface area (Å²) in [5.74, 6) is 0.852. The lowest BCUT2D eigenvalue weighted by Gasteiger charge is -2.15. The summed E-state index contributed by atoms with van der Waals surface area (Å²) >= 11 is 0. The summed E-state index contributed by atoms with van der Waals surface area (Å²) in [7, 11) is 3.07. The number of cyclic esters (lactones) is 1. The highest BCUT2D eigenvalue weighted by atomic mass is 16.6. The Morgan fingerprint density at radius 2 is 1.96 bits per heavy atom. The second-order valence-corrected chi connectivity index (χ2v) is 5.60. The molecule has 8 heteroatoms. The molecule has 0 aliphatic carbocycles. The van der Waals surface area contributed by atoms with E-state index in [1.807, 2.05) is 0 Å². The van der Waals surface area contributed by atoms with Gasteiger partial charge in [0.2, 0.25) is 0 Å². The third kappa shape index (κ3) is 3.69. The summed E-state index contributed by atoms with van der Waals surface area (Å²) in [6.07, 6.45) is 2.17. The molecule has 1 aromatic heterocycles. The highest BCUT2D eigenvalue weighted by molar-refractivity contribution is 5.94. The van der Waals surface area contributed by atoms with Gasteiger partial charge < -0.3 is 19.5 Å². The van der Waals surface area contributed by atoms with Crippen LogP contribution in [0.1, 0.15) is 10.4 Å². The molecule has 136 valence electrons. The Bertz CT molecular complexity index is 797. The van der Waals surface area contributed by atoms with Crippen molar-refractivity contribution in [1.29, 1.82) is 0 Å². The largest absolute Gasteiger partial charge is 0.493 e. The molecule has 1 unspecified atom stereocenters. The molecule has 3 rings (SSSR count). The van der Waals surface area contributed by atoms with E-state index in [4.69, 9.17) is 14.2 Å². The number of methoxy groups -OCH3 is 2. The van der Waals surface area contributed by atoms with Crippen LogP contribution < -0.4 is 19.7 Å². The molecule has 0 spiro atoms. The lowest BCUT2D eigenvalue weighted by molar-refractivity contribution is 0.0916. The van der Waals surface area contributed by atoms with Crippen LogP contribution in [0.3, 0.4) is 0 Å². The van der Waals surface area contributed by atoms with Crippen LogP contribution in [0, 0.1) is 0 Å². The average molecular weight is 357 g/mol. The number of nitrogens with one attached hydrogen (secondary N) is 1. The molecule has 2 aromatic rings. The Hall–Kier alpha value is -3.29. The van der Waals surface area contributed by atoms with Crippen LogP contribution in [0.2, 0.25) is 0 Å². The summed E-state index contributed by atoms with van der Waals surface area (Å²) in [6, 6.07) is 8.41. The fraction of sp³-hybridized carbons (Fsp3) is 0.278. The van der Waals surface area contributed by atoms with Gasteiger partial charge in [0, 0.05) is 24.0 Å². The topological polar surface area (TPSA) is 90.0 Å². The number of carbonyl (C=O) groups is 2. The maximum atomic E-state index is 12.2. The molecule has 1 saturated heterocycles. The number of hydrogen-bond donors (Lipinski definition) is 1. The first-order chi connectivity index (χ1) is 12.6. The minimum Gasteiger partial charge on any atom is -0.493 e. The predicted octanol–water partition coefficient (Wildman–Crippen LogP) is 1.85. The van der Waals surface area contributed by atoms with Crippen molar-refractivity contribution in [1.82, 2.24) is 10.3 Å². The van der Waals surface area contributed by atoms with Crippen molar-refractivity contribution < 1.29 is 23.8 Å². The summed E-state index contributed by atoms with van der Waals surface area (Å²) in [6.45, 7) is 0.543. The van der Waals surface area contributed by atoms with Crippen molar-refractivity contribution in [2.24, 2.45) is 0 Å². The number of pyridine rings is 1. The Kier molecular flexibility index (Phi) is 5.21. The molecular formula is C18H19N3O5. The smallest absolute Gasteiger partial charge is 0.414 e. The second-order valence-electron chi connectivity index (χ2n) is 5.60. The lowest BCUT2D eigenvalue weighted by atomic mass is 10.2. The molecule has 1 N–H and O–H groups in total. The number of amides is 2. The molecule has 26 heavy (non-hydrogen) atoms. The van der Waals surface area contributed by atoms with E-state index in [2.05, 4.69) is 10.3 Å². The molecule has 2 amide bonds. The average Bonchev–Trinajstić information content (AvgIpc) is 3.06.